The number of carbonyl (C=O) groups excluding carboxylic acids is 2. The molecule has 0 unspecified atom stereocenters. The summed E-state index contributed by atoms with van der Waals surface area (Å²) in [6.45, 7) is 9.30. The van der Waals surface area contributed by atoms with Crippen molar-refractivity contribution in [3.8, 4) is 0 Å². The highest BCUT2D eigenvalue weighted by Gasteiger charge is 2.60. The molecule has 0 aromatic rings. The summed E-state index contributed by atoms with van der Waals surface area (Å²) in [7, 11) is 0. The molecule has 0 radical (unpaired) electrons. The van der Waals surface area contributed by atoms with E-state index >= 15 is 0 Å². The second-order valence-corrected chi connectivity index (χ2v) is 7.72. The van der Waals surface area contributed by atoms with Gasteiger partial charge in [0.15, 0.2) is 0 Å². The van der Waals surface area contributed by atoms with Crippen LogP contribution in [0.5, 0.6) is 0 Å². The maximum absolute atomic E-state index is 13.0. The Kier molecular flexibility index (Phi) is 4.22. The van der Waals surface area contributed by atoms with Gasteiger partial charge in [-0.05, 0) is 38.5 Å². The monoisotopic (exact) mass is 296 g/mol. The van der Waals surface area contributed by atoms with Crippen LogP contribution in [0, 0.1) is 23.2 Å². The molecule has 0 aromatic carbocycles. The highest BCUT2D eigenvalue weighted by Crippen LogP contribution is 2.55. The third-order valence-electron chi connectivity index (χ3n) is 5.69. The predicted molar refractivity (Wildman–Crippen MR) is 79.6 cm³/mol. The van der Waals surface area contributed by atoms with E-state index in [1.807, 2.05) is 6.92 Å². The zero-order chi connectivity index (χ0) is 16.0. The van der Waals surface area contributed by atoms with Crippen molar-refractivity contribution in [2.75, 3.05) is 0 Å². The Morgan fingerprint density at radius 1 is 1.29 bits per heavy atom. The minimum atomic E-state index is -1.00. The average molecular weight is 296 g/mol. The van der Waals surface area contributed by atoms with Gasteiger partial charge in [0, 0.05) is 18.3 Å². The third-order valence-corrected chi connectivity index (χ3v) is 5.69. The van der Waals surface area contributed by atoms with Gasteiger partial charge in [0.1, 0.15) is 11.9 Å². The Balaban J connectivity index is 2.37. The van der Waals surface area contributed by atoms with Crippen LogP contribution in [0.1, 0.15) is 60.3 Å². The van der Waals surface area contributed by atoms with Crippen LogP contribution in [0.2, 0.25) is 0 Å². The largest absolute Gasteiger partial charge is 0.462 e. The maximum Gasteiger partial charge on any atom is 0.302 e. The third kappa shape index (κ3) is 2.75. The summed E-state index contributed by atoms with van der Waals surface area (Å²) in [6, 6.07) is 0. The Labute approximate surface area is 127 Å². The molecule has 0 heterocycles. The van der Waals surface area contributed by atoms with E-state index in [9.17, 15) is 14.7 Å². The molecule has 4 heteroatoms. The molecule has 0 aliphatic heterocycles. The van der Waals surface area contributed by atoms with E-state index in [1.54, 1.807) is 6.92 Å². The lowest BCUT2D eigenvalue weighted by atomic mass is 9.51. The van der Waals surface area contributed by atoms with Crippen molar-refractivity contribution >= 4 is 11.8 Å². The van der Waals surface area contributed by atoms with Crippen molar-refractivity contribution in [3.63, 3.8) is 0 Å². The van der Waals surface area contributed by atoms with E-state index < -0.39 is 16.9 Å². The lowest BCUT2D eigenvalue weighted by Crippen LogP contribution is -2.62. The van der Waals surface area contributed by atoms with Crippen molar-refractivity contribution in [2.45, 2.75) is 72.0 Å². The Morgan fingerprint density at radius 3 is 2.43 bits per heavy atom. The second-order valence-electron chi connectivity index (χ2n) is 7.72. The van der Waals surface area contributed by atoms with Crippen molar-refractivity contribution in [1.29, 1.82) is 0 Å². The van der Waals surface area contributed by atoms with E-state index in [2.05, 4.69) is 13.8 Å². The fourth-order valence-electron chi connectivity index (χ4n) is 4.61. The molecule has 1 N–H and O–H groups in total. The van der Waals surface area contributed by atoms with Gasteiger partial charge in [-0.25, -0.2) is 0 Å². The number of carbonyl (C=O) groups is 2. The number of esters is 1. The fourth-order valence-corrected chi connectivity index (χ4v) is 4.61. The first-order valence-corrected chi connectivity index (χ1v) is 8.03. The Hall–Kier alpha value is -0.900. The van der Waals surface area contributed by atoms with Crippen LogP contribution in [0.25, 0.3) is 0 Å². The normalized spacial score (nSPS) is 43.6. The number of ether oxygens (including phenoxy) is 1. The first-order chi connectivity index (χ1) is 9.59. The molecule has 2 fully saturated rings. The summed E-state index contributed by atoms with van der Waals surface area (Å²) < 4.78 is 5.50. The van der Waals surface area contributed by atoms with Crippen LogP contribution < -0.4 is 0 Å². The minimum Gasteiger partial charge on any atom is -0.462 e. The van der Waals surface area contributed by atoms with Crippen molar-refractivity contribution in [2.24, 2.45) is 23.2 Å². The van der Waals surface area contributed by atoms with Crippen LogP contribution in [0.15, 0.2) is 0 Å². The molecule has 2 saturated carbocycles. The smallest absolute Gasteiger partial charge is 0.302 e. The van der Waals surface area contributed by atoms with Gasteiger partial charge in [-0.15, -0.1) is 0 Å². The molecule has 0 bridgehead atoms. The number of rotatable bonds is 2. The van der Waals surface area contributed by atoms with Crippen molar-refractivity contribution in [3.05, 3.63) is 0 Å². The van der Waals surface area contributed by atoms with Gasteiger partial charge >= 0.3 is 5.97 Å². The minimum absolute atomic E-state index is 0.00521. The molecule has 4 nitrogen and oxygen atoms in total. The molecule has 0 spiro atoms. The van der Waals surface area contributed by atoms with Gasteiger partial charge in [0.25, 0.3) is 0 Å². The quantitative estimate of drug-likeness (QED) is 0.796. The Morgan fingerprint density at radius 2 is 1.90 bits per heavy atom. The van der Waals surface area contributed by atoms with E-state index in [0.29, 0.717) is 12.8 Å². The lowest BCUT2D eigenvalue weighted by molar-refractivity contribution is -0.198. The molecule has 21 heavy (non-hydrogen) atoms. The van der Waals surface area contributed by atoms with E-state index in [4.69, 9.17) is 4.74 Å². The number of fused-ring (bicyclic) bond motifs is 1. The van der Waals surface area contributed by atoms with Crippen LogP contribution in [0.4, 0.5) is 0 Å². The molecule has 0 aromatic heterocycles. The van der Waals surface area contributed by atoms with E-state index in [1.165, 1.54) is 6.92 Å². The highest BCUT2D eigenvalue weighted by atomic mass is 16.5. The summed E-state index contributed by atoms with van der Waals surface area (Å²) in [5.41, 5.74) is -1.45. The van der Waals surface area contributed by atoms with Crippen LogP contribution in [-0.4, -0.2) is 28.6 Å². The fraction of sp³-hybridized carbons (Fsp3) is 0.882. The zero-order valence-electron chi connectivity index (χ0n) is 13.8. The summed E-state index contributed by atoms with van der Waals surface area (Å²) in [6.07, 6.45) is 2.50. The molecule has 120 valence electrons. The standard InChI is InChI=1S/C17H28O4/c1-10(2)12-6-8-16(4)13(21-11(3)18)7-9-17(5,20)15(16)14(12)19/h10,12-13,15,20H,6-9H2,1-5H3/t12-,13+,15+,16-,17-/m0/s1. The Bertz CT molecular complexity index is 440. The predicted octanol–water partition coefficient (Wildman–Crippen LogP) is 2.72. The van der Waals surface area contributed by atoms with Crippen LogP contribution in [0.3, 0.4) is 0 Å². The van der Waals surface area contributed by atoms with Crippen molar-refractivity contribution in [1.82, 2.24) is 0 Å². The first kappa shape index (κ1) is 16.5. The van der Waals surface area contributed by atoms with Gasteiger partial charge in [0.2, 0.25) is 0 Å². The molecule has 2 aliphatic rings. The van der Waals surface area contributed by atoms with E-state index in [0.717, 1.165) is 12.8 Å². The van der Waals surface area contributed by atoms with Gasteiger partial charge < -0.3 is 9.84 Å². The highest BCUT2D eigenvalue weighted by molar-refractivity contribution is 5.86. The molecule has 0 amide bonds. The maximum atomic E-state index is 13.0. The molecule has 5 atom stereocenters. The second kappa shape index (κ2) is 5.38. The molecular weight excluding hydrogens is 268 g/mol. The summed E-state index contributed by atoms with van der Waals surface area (Å²) in [5.74, 6) is -0.303. The summed E-state index contributed by atoms with van der Waals surface area (Å²) >= 11 is 0. The van der Waals surface area contributed by atoms with Gasteiger partial charge in [-0.1, -0.05) is 20.8 Å². The number of Topliss-reactive ketones (excluding diaryl/α,β-unsaturated/α-hetero) is 1. The molecule has 2 aliphatic carbocycles. The number of hydrogen-bond donors (Lipinski definition) is 1. The number of aliphatic hydroxyl groups is 1. The average Bonchev–Trinajstić information content (AvgIpc) is 2.31. The van der Waals surface area contributed by atoms with Gasteiger partial charge in [-0.3, -0.25) is 9.59 Å². The van der Waals surface area contributed by atoms with Gasteiger partial charge in [-0.2, -0.15) is 0 Å². The summed E-state index contributed by atoms with van der Waals surface area (Å²) in [5, 5.41) is 10.8. The summed E-state index contributed by atoms with van der Waals surface area (Å²) in [4.78, 5) is 24.3. The SMILES string of the molecule is CC(=O)O[C@@H]1CC[C@](C)(O)[C@@H]2C(=O)[C@H](C(C)C)CC[C@]21C. The first-order valence-electron chi connectivity index (χ1n) is 8.03. The molecule has 0 saturated heterocycles. The topological polar surface area (TPSA) is 63.6 Å². The van der Waals surface area contributed by atoms with Gasteiger partial charge in [0.05, 0.1) is 11.5 Å². The van der Waals surface area contributed by atoms with E-state index in [-0.39, 0.29) is 29.7 Å². The zero-order valence-corrected chi connectivity index (χ0v) is 13.8. The molecular formula is C17H28O4. The number of ketones is 1. The van der Waals surface area contributed by atoms with Crippen LogP contribution in [-0.2, 0) is 14.3 Å². The van der Waals surface area contributed by atoms with Crippen molar-refractivity contribution < 1.29 is 19.4 Å². The van der Waals surface area contributed by atoms with Crippen LogP contribution >= 0.6 is 0 Å². The molecule has 2 rings (SSSR count). The lowest BCUT2D eigenvalue weighted by Gasteiger charge is -2.56. The number of hydrogen-bond acceptors (Lipinski definition) is 4.